The molecule has 0 unspecified atom stereocenters. The van der Waals surface area contributed by atoms with E-state index in [-0.39, 0.29) is 55.8 Å². The van der Waals surface area contributed by atoms with Gasteiger partial charge in [-0.3, -0.25) is 43.5 Å². The van der Waals surface area contributed by atoms with Crippen molar-refractivity contribution in [2.24, 2.45) is 35.5 Å². The summed E-state index contributed by atoms with van der Waals surface area (Å²) in [6, 6.07) is 6.57. The van der Waals surface area contributed by atoms with Crippen LogP contribution in [-0.4, -0.2) is 133 Å². The number of benzene rings is 1. The molecule has 20 nitrogen and oxygen atoms in total. The highest BCUT2D eigenvalue weighted by molar-refractivity contribution is 7.92. The Morgan fingerprint density at radius 2 is 1.14 bits per heavy atom. The van der Waals surface area contributed by atoms with E-state index in [4.69, 9.17) is 16.3 Å². The van der Waals surface area contributed by atoms with E-state index in [2.05, 4.69) is 25.4 Å². The zero-order valence-electron chi connectivity index (χ0n) is 42.4. The number of halogens is 1. The minimum Gasteiger partial charge on any atom is -0.446 e. The zero-order chi connectivity index (χ0) is 53.6. The first kappa shape index (κ1) is 55.2. The number of hydrogen-bond donors (Lipinski definition) is 6. The lowest BCUT2D eigenvalue weighted by molar-refractivity contribution is -0.141. The van der Waals surface area contributed by atoms with Gasteiger partial charge in [0.15, 0.2) is 0 Å². The Labute approximate surface area is 438 Å². The zero-order valence-corrected chi connectivity index (χ0v) is 44.8. The van der Waals surface area contributed by atoms with Crippen LogP contribution in [0, 0.1) is 35.5 Å². The Kier molecular flexibility index (Phi) is 15.8. The summed E-state index contributed by atoms with van der Waals surface area (Å²) >= 11 is 5.99. The number of aliphatic hydroxyl groups is 1. The normalized spacial score (nSPS) is 34.3. The highest BCUT2D eigenvalue weighted by Crippen LogP contribution is 2.50. The standard InChI is InChI=1S/C29H37ClN4O7S.C22H33N3O6S/c1-28(11-12-28)42(39,40)33-26(37)29-17-18(29)8-5-3-4-6-13-34(2)25(36)23-16-21(15-22(23)24(35)32-29)41-27(38)31-20-10-7-9-19(30)14-20;1-21(8-9-21)32(30,31)24-20(29)22-13-14(22)7-5-3-4-6-10-25(2)19(28)17-12-15(26)11-16(17)18(27)23-22/h5,7-10,14,18,21-23H,3-4,6,11-13,15-17H2,1-2H3,(H,31,38)(H,32,35)(H,33,37);5,7,14-17,26H,3-4,6,8-13H2,1-2H3,(H,23,27)(H,24,29)/b8-5-;7-5-/t18-,21-,22-,23-,29-;14-,15-,16-,17-,22-/m11/s1. The number of carbonyl (C=O) groups is 7. The summed E-state index contributed by atoms with van der Waals surface area (Å²) in [5, 5.41) is 18.9. The number of nitrogens with one attached hydrogen (secondary N) is 5. The van der Waals surface area contributed by atoms with Crippen LogP contribution in [0.1, 0.15) is 117 Å². The molecule has 0 aromatic heterocycles. The van der Waals surface area contributed by atoms with Gasteiger partial charge >= 0.3 is 6.09 Å². The topological polar surface area (TPSA) is 284 Å². The number of ether oxygens (including phenoxy) is 1. The average molecular weight is 1090 g/mol. The van der Waals surface area contributed by atoms with Crippen LogP contribution in [0.3, 0.4) is 0 Å². The van der Waals surface area contributed by atoms with Gasteiger partial charge in [-0.25, -0.2) is 21.6 Å². The Morgan fingerprint density at radius 3 is 1.61 bits per heavy atom. The average Bonchev–Trinajstić information content (AvgIpc) is 4.29. The summed E-state index contributed by atoms with van der Waals surface area (Å²) in [4.78, 5) is 96.0. The molecule has 6 N–H and O–H groups in total. The predicted molar refractivity (Wildman–Crippen MR) is 272 cm³/mol. The third-order valence-corrected chi connectivity index (χ3v) is 21.2. The van der Waals surface area contributed by atoms with Gasteiger partial charge in [-0.1, -0.05) is 42.0 Å². The van der Waals surface area contributed by atoms with Gasteiger partial charge in [-0.15, -0.1) is 0 Å². The number of aliphatic hydroxyl groups excluding tert-OH is 1. The van der Waals surface area contributed by atoms with Gasteiger partial charge in [-0.2, -0.15) is 0 Å². The molecule has 6 fully saturated rings. The lowest BCUT2D eigenvalue weighted by atomic mass is 9.93. The van der Waals surface area contributed by atoms with E-state index in [1.165, 1.54) is 0 Å². The third-order valence-electron chi connectivity index (χ3n) is 16.6. The maximum Gasteiger partial charge on any atom is 0.411 e. The van der Waals surface area contributed by atoms with E-state index in [1.54, 1.807) is 62.0 Å². The Morgan fingerprint density at radius 1 is 0.689 bits per heavy atom. The number of fused-ring (bicyclic) bond motifs is 4. The molecule has 0 saturated heterocycles. The first-order valence-corrected chi connectivity index (χ1v) is 29.2. The maximum absolute atomic E-state index is 13.8. The number of sulfonamides is 2. The molecule has 10 atom stereocenters. The third kappa shape index (κ3) is 11.8. The molecule has 2 heterocycles. The van der Waals surface area contributed by atoms with Crippen molar-refractivity contribution in [2.45, 2.75) is 149 Å². The molecule has 1 aromatic rings. The second kappa shape index (κ2) is 21.2. The van der Waals surface area contributed by atoms with Crippen LogP contribution in [0.5, 0.6) is 0 Å². The number of nitrogens with zero attached hydrogens (tertiary/aromatic N) is 2. The lowest BCUT2D eigenvalue weighted by Gasteiger charge is -2.27. The smallest absolute Gasteiger partial charge is 0.411 e. The quantitative estimate of drug-likeness (QED) is 0.202. The highest BCUT2D eigenvalue weighted by Gasteiger charge is 2.65. The lowest BCUT2D eigenvalue weighted by Crippen LogP contribution is -2.55. The summed E-state index contributed by atoms with van der Waals surface area (Å²) < 4.78 is 59.1. The van der Waals surface area contributed by atoms with E-state index < -0.39 is 106 Å². The van der Waals surface area contributed by atoms with Crippen molar-refractivity contribution >= 4 is 78.9 Å². The number of anilines is 1. The predicted octanol–water partition coefficient (Wildman–Crippen LogP) is 3.80. The molecule has 6 aliphatic carbocycles. The summed E-state index contributed by atoms with van der Waals surface area (Å²) in [6.07, 6.45) is 13.2. The van der Waals surface area contributed by atoms with Gasteiger partial charge in [0, 0.05) is 49.7 Å². The molecule has 1 aromatic carbocycles. The fourth-order valence-electron chi connectivity index (χ4n) is 10.8. The highest BCUT2D eigenvalue weighted by atomic mass is 35.5. The van der Waals surface area contributed by atoms with Crippen LogP contribution in [0.15, 0.2) is 48.6 Å². The molecule has 9 rings (SSSR count). The Bertz CT molecular complexity index is 2710. The number of allylic oxidation sites excluding steroid dienone is 2. The molecule has 0 bridgehead atoms. The molecule has 0 radical (unpaired) electrons. The summed E-state index contributed by atoms with van der Waals surface area (Å²) in [5.74, 6) is -6.66. The molecule has 23 heteroatoms. The molecule has 6 saturated carbocycles. The van der Waals surface area contributed by atoms with Crippen molar-refractivity contribution in [2.75, 3.05) is 32.5 Å². The van der Waals surface area contributed by atoms with Gasteiger partial charge in [0.1, 0.15) is 17.2 Å². The van der Waals surface area contributed by atoms with Crippen LogP contribution in [-0.2, 0) is 53.6 Å². The maximum atomic E-state index is 13.8. The van der Waals surface area contributed by atoms with Gasteiger partial charge in [0.2, 0.25) is 43.7 Å². The van der Waals surface area contributed by atoms with Crippen LogP contribution < -0.4 is 25.4 Å². The summed E-state index contributed by atoms with van der Waals surface area (Å²) in [5.41, 5.74) is -2.34. The van der Waals surface area contributed by atoms with Crippen LogP contribution in [0.4, 0.5) is 10.5 Å². The second-order valence-electron chi connectivity index (χ2n) is 22.4. The Hall–Kier alpha value is -5.06. The van der Waals surface area contributed by atoms with Crippen molar-refractivity contribution < 1.29 is 60.2 Å². The van der Waals surface area contributed by atoms with Crippen LogP contribution in [0.25, 0.3) is 0 Å². The minimum atomic E-state index is -3.92. The second-order valence-corrected chi connectivity index (χ2v) is 27.2. The number of rotatable bonds is 8. The van der Waals surface area contributed by atoms with E-state index in [0.29, 0.717) is 55.9 Å². The van der Waals surface area contributed by atoms with Gasteiger partial charge in [0.05, 0.1) is 39.3 Å². The number of carbonyl (C=O) groups excluding carboxylic acids is 7. The molecule has 2 aliphatic heterocycles. The SMILES string of the molecule is CN1CCCC/C=C\[C@@H]2C[C@@]2(C(=O)NS(=O)(=O)C2(C)CC2)NC(=O)[C@@H]2C[C@@H](O)C[C@H]2C1=O.CN1CCCC/C=C\[C@@H]2C[C@@]2(C(=O)NS(=O)(=O)C2(C)CC2)NC(=O)[C@@H]2C[C@@H](OC(=O)Nc3cccc(Cl)c3)C[C@H]2C1=O. The van der Waals surface area contributed by atoms with Crippen molar-refractivity contribution in [1.29, 1.82) is 0 Å². The van der Waals surface area contributed by atoms with Gasteiger partial charge in [0.25, 0.3) is 11.8 Å². The molecule has 8 aliphatic rings. The molecular formula is C51H70ClN7O13S2. The van der Waals surface area contributed by atoms with Gasteiger partial charge < -0.3 is 30.3 Å². The fraction of sp³-hybridized carbons (Fsp3) is 0.667. The van der Waals surface area contributed by atoms with Crippen LogP contribution in [0.2, 0.25) is 5.02 Å². The first-order chi connectivity index (χ1) is 34.8. The van der Waals surface area contributed by atoms with E-state index in [1.807, 2.05) is 24.3 Å². The molecule has 406 valence electrons. The van der Waals surface area contributed by atoms with Crippen LogP contribution >= 0.6 is 11.6 Å². The van der Waals surface area contributed by atoms with Crippen molar-refractivity contribution in [3.8, 4) is 0 Å². The number of hydrogen-bond acceptors (Lipinski definition) is 13. The monoisotopic (exact) mass is 1090 g/mol. The van der Waals surface area contributed by atoms with Crippen molar-refractivity contribution in [1.82, 2.24) is 29.9 Å². The summed E-state index contributed by atoms with van der Waals surface area (Å²) in [6.45, 7) is 4.29. The van der Waals surface area contributed by atoms with Crippen molar-refractivity contribution in [3.05, 3.63) is 53.6 Å². The van der Waals surface area contributed by atoms with E-state index >= 15 is 0 Å². The fourth-order valence-corrected chi connectivity index (χ4v) is 13.6. The Balaban J connectivity index is 0.000000204. The van der Waals surface area contributed by atoms with Gasteiger partial charge in [-0.05, 0) is 135 Å². The van der Waals surface area contributed by atoms with Crippen molar-refractivity contribution in [3.63, 3.8) is 0 Å². The largest absolute Gasteiger partial charge is 0.446 e. The summed E-state index contributed by atoms with van der Waals surface area (Å²) in [7, 11) is -4.37. The molecule has 7 amide bonds. The molecule has 74 heavy (non-hydrogen) atoms. The van der Waals surface area contributed by atoms with E-state index in [9.17, 15) is 55.5 Å². The first-order valence-electron chi connectivity index (χ1n) is 25.8. The van der Waals surface area contributed by atoms with E-state index in [0.717, 1.165) is 38.5 Å². The minimum absolute atomic E-state index is 0.0770. The number of amides is 7. The molecular weight excluding hydrogens is 1020 g/mol. The molecule has 0 spiro atoms.